The number of nitrogens with zero attached hydrogens (tertiary/aromatic N) is 1. The molecule has 27 heavy (non-hydrogen) atoms. The Bertz CT molecular complexity index is 844. The van der Waals surface area contributed by atoms with Gasteiger partial charge in [-0.25, -0.2) is 0 Å². The van der Waals surface area contributed by atoms with Crippen molar-refractivity contribution in [2.24, 2.45) is 0 Å². The van der Waals surface area contributed by atoms with Gasteiger partial charge in [-0.15, -0.1) is 0 Å². The summed E-state index contributed by atoms with van der Waals surface area (Å²) < 4.78 is 11.7. The van der Waals surface area contributed by atoms with E-state index in [0.29, 0.717) is 23.7 Å². The number of amides is 1. The van der Waals surface area contributed by atoms with Gasteiger partial charge in [-0.3, -0.25) is 9.69 Å². The second kappa shape index (κ2) is 7.12. The molecule has 1 spiro atoms. The Morgan fingerprint density at radius 1 is 1.22 bits per heavy atom. The van der Waals surface area contributed by atoms with Gasteiger partial charge in [0.05, 0.1) is 12.2 Å². The molecule has 6 nitrogen and oxygen atoms in total. The van der Waals surface area contributed by atoms with Crippen molar-refractivity contribution in [3.05, 3.63) is 53.6 Å². The number of rotatable bonds is 4. The molecule has 2 N–H and O–H groups in total. The van der Waals surface area contributed by atoms with Crippen molar-refractivity contribution in [1.82, 2.24) is 10.2 Å². The van der Waals surface area contributed by atoms with Crippen LogP contribution in [0.15, 0.2) is 42.5 Å². The highest BCUT2D eigenvalue weighted by Gasteiger charge is 2.42. The molecule has 0 aromatic heterocycles. The molecule has 0 aliphatic carbocycles. The van der Waals surface area contributed by atoms with Crippen LogP contribution in [-0.4, -0.2) is 41.3 Å². The third-order valence-electron chi connectivity index (χ3n) is 5.17. The standard InChI is InChI=1S/C21H24N2O4/c1-2-26-19-13-15(7-8-17(19)24)14-23-11-9-21(10-12-23)22-20(25)16-5-3-4-6-18(16)27-21/h3-8,13,24H,2,9-12,14H2,1H3,(H,22,25). The van der Waals surface area contributed by atoms with E-state index < -0.39 is 5.72 Å². The Morgan fingerprint density at radius 2 is 2.00 bits per heavy atom. The number of benzene rings is 2. The molecular formula is C21H24N2O4. The quantitative estimate of drug-likeness (QED) is 0.868. The molecule has 0 bridgehead atoms. The van der Waals surface area contributed by atoms with Crippen LogP contribution in [0.4, 0.5) is 0 Å². The average Bonchev–Trinajstić information content (AvgIpc) is 2.67. The van der Waals surface area contributed by atoms with Gasteiger partial charge in [0.25, 0.3) is 5.91 Å². The van der Waals surface area contributed by atoms with Crippen LogP contribution in [0.2, 0.25) is 0 Å². The SMILES string of the molecule is CCOc1cc(CN2CCC3(CC2)NC(=O)c2ccccc2O3)ccc1O. The number of para-hydroxylation sites is 1. The van der Waals surface area contributed by atoms with Gasteiger partial charge in [-0.05, 0) is 36.8 Å². The number of hydrogen-bond donors (Lipinski definition) is 2. The zero-order valence-corrected chi connectivity index (χ0v) is 15.4. The summed E-state index contributed by atoms with van der Waals surface area (Å²) in [6.07, 6.45) is 1.45. The third-order valence-corrected chi connectivity index (χ3v) is 5.17. The summed E-state index contributed by atoms with van der Waals surface area (Å²) in [4.78, 5) is 14.7. The summed E-state index contributed by atoms with van der Waals surface area (Å²) in [5.74, 6) is 1.28. The van der Waals surface area contributed by atoms with Crippen LogP contribution in [-0.2, 0) is 6.54 Å². The maximum atomic E-state index is 12.4. The maximum Gasteiger partial charge on any atom is 0.258 e. The van der Waals surface area contributed by atoms with Gasteiger partial charge >= 0.3 is 0 Å². The molecule has 2 heterocycles. The molecule has 2 aromatic carbocycles. The number of hydrogen-bond acceptors (Lipinski definition) is 5. The monoisotopic (exact) mass is 368 g/mol. The van der Waals surface area contributed by atoms with Gasteiger partial charge in [0.1, 0.15) is 5.75 Å². The fourth-order valence-electron chi connectivity index (χ4n) is 3.74. The molecule has 142 valence electrons. The van der Waals surface area contributed by atoms with E-state index in [0.717, 1.165) is 38.0 Å². The van der Waals surface area contributed by atoms with Gasteiger partial charge < -0.3 is 19.9 Å². The minimum Gasteiger partial charge on any atom is -0.504 e. The van der Waals surface area contributed by atoms with E-state index >= 15 is 0 Å². The molecule has 4 rings (SSSR count). The molecule has 0 unspecified atom stereocenters. The average molecular weight is 368 g/mol. The first-order valence-electron chi connectivity index (χ1n) is 9.36. The fourth-order valence-corrected chi connectivity index (χ4v) is 3.74. The molecule has 6 heteroatoms. The Labute approximate surface area is 158 Å². The van der Waals surface area contributed by atoms with E-state index in [4.69, 9.17) is 9.47 Å². The van der Waals surface area contributed by atoms with Gasteiger partial charge in [-0.2, -0.15) is 0 Å². The summed E-state index contributed by atoms with van der Waals surface area (Å²) in [6, 6.07) is 12.8. The van der Waals surface area contributed by atoms with E-state index in [9.17, 15) is 9.90 Å². The summed E-state index contributed by atoms with van der Waals surface area (Å²) in [7, 11) is 0. The van der Waals surface area contributed by atoms with Crippen molar-refractivity contribution in [2.45, 2.75) is 32.0 Å². The van der Waals surface area contributed by atoms with Crippen molar-refractivity contribution < 1.29 is 19.4 Å². The van der Waals surface area contributed by atoms with Crippen molar-refractivity contribution >= 4 is 5.91 Å². The van der Waals surface area contributed by atoms with E-state index in [1.54, 1.807) is 12.1 Å². The lowest BCUT2D eigenvalue weighted by molar-refractivity contribution is -0.0304. The second-order valence-electron chi connectivity index (χ2n) is 7.06. The summed E-state index contributed by atoms with van der Waals surface area (Å²) in [5.41, 5.74) is 1.07. The first-order chi connectivity index (χ1) is 13.1. The van der Waals surface area contributed by atoms with Crippen molar-refractivity contribution in [1.29, 1.82) is 0 Å². The number of likely N-dealkylation sites (tertiary alicyclic amines) is 1. The lowest BCUT2D eigenvalue weighted by Crippen LogP contribution is -2.60. The van der Waals surface area contributed by atoms with Gasteiger partial charge in [0.2, 0.25) is 0 Å². The van der Waals surface area contributed by atoms with E-state index in [1.807, 2.05) is 37.3 Å². The first kappa shape index (κ1) is 17.7. The smallest absolute Gasteiger partial charge is 0.258 e. The topological polar surface area (TPSA) is 71.0 Å². The number of phenolic OH excluding ortho intramolecular Hbond substituents is 1. The van der Waals surface area contributed by atoms with Crippen LogP contribution < -0.4 is 14.8 Å². The summed E-state index contributed by atoms with van der Waals surface area (Å²) in [5, 5.41) is 12.9. The lowest BCUT2D eigenvalue weighted by atomic mass is 9.96. The Kier molecular flexibility index (Phi) is 4.66. The Hall–Kier alpha value is -2.73. The molecule has 1 saturated heterocycles. The highest BCUT2D eigenvalue weighted by Crippen LogP contribution is 2.34. The second-order valence-corrected chi connectivity index (χ2v) is 7.06. The molecule has 2 aliphatic rings. The van der Waals surface area contributed by atoms with Crippen LogP contribution >= 0.6 is 0 Å². The predicted octanol–water partition coefficient (Wildman–Crippen LogP) is 2.91. The Morgan fingerprint density at radius 3 is 2.78 bits per heavy atom. The molecule has 1 fully saturated rings. The number of fused-ring (bicyclic) bond motifs is 1. The highest BCUT2D eigenvalue weighted by atomic mass is 16.5. The zero-order valence-electron chi connectivity index (χ0n) is 15.4. The fraction of sp³-hybridized carbons (Fsp3) is 0.381. The molecule has 2 aromatic rings. The molecule has 0 radical (unpaired) electrons. The highest BCUT2D eigenvalue weighted by molar-refractivity contribution is 5.98. The van der Waals surface area contributed by atoms with Crippen molar-refractivity contribution in [2.75, 3.05) is 19.7 Å². The summed E-state index contributed by atoms with van der Waals surface area (Å²) >= 11 is 0. The van der Waals surface area contributed by atoms with Gasteiger partial charge in [0, 0.05) is 32.5 Å². The number of phenols is 1. The van der Waals surface area contributed by atoms with E-state index in [2.05, 4.69) is 10.2 Å². The molecule has 0 saturated carbocycles. The van der Waals surface area contributed by atoms with E-state index in [-0.39, 0.29) is 11.7 Å². The zero-order chi connectivity index (χ0) is 18.9. The van der Waals surface area contributed by atoms with Crippen molar-refractivity contribution in [3.63, 3.8) is 0 Å². The minimum atomic E-state index is -0.618. The normalized spacial score (nSPS) is 18.5. The number of nitrogens with one attached hydrogen (secondary N) is 1. The van der Waals surface area contributed by atoms with Crippen LogP contribution in [0.3, 0.4) is 0 Å². The maximum absolute atomic E-state index is 12.4. The number of carbonyl (C=O) groups excluding carboxylic acids is 1. The van der Waals surface area contributed by atoms with Gasteiger partial charge in [0.15, 0.2) is 17.2 Å². The van der Waals surface area contributed by atoms with Crippen LogP contribution in [0.25, 0.3) is 0 Å². The first-order valence-corrected chi connectivity index (χ1v) is 9.36. The molecule has 1 amide bonds. The number of ether oxygens (including phenoxy) is 2. The number of piperidine rings is 1. The van der Waals surface area contributed by atoms with Crippen LogP contribution in [0, 0.1) is 0 Å². The minimum absolute atomic E-state index is 0.0646. The van der Waals surface area contributed by atoms with Crippen LogP contribution in [0.5, 0.6) is 17.2 Å². The largest absolute Gasteiger partial charge is 0.504 e. The molecule has 2 aliphatic heterocycles. The molecular weight excluding hydrogens is 344 g/mol. The van der Waals surface area contributed by atoms with Gasteiger partial charge in [-0.1, -0.05) is 18.2 Å². The van der Waals surface area contributed by atoms with Crippen molar-refractivity contribution in [3.8, 4) is 17.2 Å². The number of carbonyl (C=O) groups is 1. The van der Waals surface area contributed by atoms with E-state index in [1.165, 1.54) is 0 Å². The van der Waals surface area contributed by atoms with Crippen LogP contribution in [0.1, 0.15) is 35.7 Å². The predicted molar refractivity (Wildman–Crippen MR) is 101 cm³/mol. The Balaban J connectivity index is 1.41. The lowest BCUT2D eigenvalue weighted by Gasteiger charge is -2.44. The number of aromatic hydroxyl groups is 1. The third kappa shape index (κ3) is 3.57. The molecule has 0 atom stereocenters. The summed E-state index contributed by atoms with van der Waals surface area (Å²) in [6.45, 7) is 4.80.